The fourth-order valence-corrected chi connectivity index (χ4v) is 2.05. The van der Waals surface area contributed by atoms with Gasteiger partial charge in [-0.25, -0.2) is 8.78 Å². The zero-order valence-corrected chi connectivity index (χ0v) is 10.8. The molecule has 0 heterocycles. The van der Waals surface area contributed by atoms with Crippen LogP contribution in [0.1, 0.15) is 32.3 Å². The molecule has 0 aromatic heterocycles. The van der Waals surface area contributed by atoms with Crippen molar-refractivity contribution in [3.05, 3.63) is 35.4 Å². The summed E-state index contributed by atoms with van der Waals surface area (Å²) in [6.07, 6.45) is 2.58. The first-order valence-corrected chi connectivity index (χ1v) is 6.15. The summed E-state index contributed by atoms with van der Waals surface area (Å²) in [5.74, 6) is -0.379. The van der Waals surface area contributed by atoms with E-state index in [1.54, 1.807) is 0 Å². The molecule has 0 aliphatic carbocycles. The number of aryl methyl sites for hydroxylation is 1. The van der Waals surface area contributed by atoms with Crippen LogP contribution in [0.2, 0.25) is 0 Å². The van der Waals surface area contributed by atoms with Gasteiger partial charge in [0.15, 0.2) is 0 Å². The van der Waals surface area contributed by atoms with Crippen molar-refractivity contribution in [2.75, 3.05) is 7.05 Å². The Balaban J connectivity index is 2.45. The number of hydrogen-bond acceptors (Lipinski definition) is 1. The third-order valence-electron chi connectivity index (χ3n) is 3.15. The molecule has 0 radical (unpaired) electrons. The van der Waals surface area contributed by atoms with Crippen LogP contribution in [0.15, 0.2) is 18.2 Å². The third-order valence-corrected chi connectivity index (χ3v) is 3.15. The minimum absolute atomic E-state index is 0.435. The van der Waals surface area contributed by atoms with E-state index < -0.39 is 11.6 Å². The quantitative estimate of drug-likeness (QED) is 0.803. The van der Waals surface area contributed by atoms with Crippen LogP contribution in [0.5, 0.6) is 0 Å². The van der Waals surface area contributed by atoms with Gasteiger partial charge in [-0.2, -0.15) is 0 Å². The monoisotopic (exact) mass is 241 g/mol. The molecule has 0 saturated carbocycles. The van der Waals surface area contributed by atoms with Crippen molar-refractivity contribution in [3.63, 3.8) is 0 Å². The molecule has 1 nitrogen and oxygen atoms in total. The highest BCUT2D eigenvalue weighted by molar-refractivity contribution is 5.18. The lowest BCUT2D eigenvalue weighted by atomic mass is 9.97. The molecule has 1 aromatic carbocycles. The predicted molar refractivity (Wildman–Crippen MR) is 67.0 cm³/mol. The highest BCUT2D eigenvalue weighted by Gasteiger charge is 2.11. The van der Waals surface area contributed by atoms with Crippen molar-refractivity contribution < 1.29 is 8.78 Å². The largest absolute Gasteiger partial charge is 0.317 e. The minimum atomic E-state index is -0.512. The maximum atomic E-state index is 13.4. The summed E-state index contributed by atoms with van der Waals surface area (Å²) in [7, 11) is 1.95. The first kappa shape index (κ1) is 14.1. The summed E-state index contributed by atoms with van der Waals surface area (Å²) >= 11 is 0. The van der Waals surface area contributed by atoms with E-state index in [-0.39, 0.29) is 0 Å². The molecule has 0 amide bonds. The van der Waals surface area contributed by atoms with Gasteiger partial charge in [-0.1, -0.05) is 19.9 Å². The van der Waals surface area contributed by atoms with Gasteiger partial charge in [0.2, 0.25) is 0 Å². The van der Waals surface area contributed by atoms with E-state index in [0.29, 0.717) is 23.9 Å². The van der Waals surface area contributed by atoms with Gasteiger partial charge < -0.3 is 5.32 Å². The van der Waals surface area contributed by atoms with Crippen LogP contribution >= 0.6 is 0 Å². The predicted octanol–water partition coefficient (Wildman–Crippen LogP) is 3.53. The van der Waals surface area contributed by atoms with Crippen LogP contribution in [-0.4, -0.2) is 13.1 Å². The Hall–Kier alpha value is -0.960. The Morgan fingerprint density at radius 2 is 1.94 bits per heavy atom. The van der Waals surface area contributed by atoms with E-state index in [4.69, 9.17) is 0 Å². The lowest BCUT2D eigenvalue weighted by molar-refractivity contribution is 0.392. The normalized spacial score (nSPS) is 13.1. The topological polar surface area (TPSA) is 12.0 Å². The molecule has 0 bridgehead atoms. The maximum absolute atomic E-state index is 13.4. The average molecular weight is 241 g/mol. The molecule has 96 valence electrons. The van der Waals surface area contributed by atoms with Crippen molar-refractivity contribution in [1.29, 1.82) is 0 Å². The molecule has 1 rings (SSSR count). The highest BCUT2D eigenvalue weighted by atomic mass is 19.1. The van der Waals surface area contributed by atoms with Crippen molar-refractivity contribution in [3.8, 4) is 0 Å². The summed E-state index contributed by atoms with van der Waals surface area (Å²) in [6.45, 7) is 4.33. The smallest absolute Gasteiger partial charge is 0.129 e. The molecule has 1 aromatic rings. The number of benzene rings is 1. The van der Waals surface area contributed by atoms with Crippen LogP contribution in [0, 0.1) is 17.6 Å². The maximum Gasteiger partial charge on any atom is 0.129 e. The molecule has 0 fully saturated rings. The second kappa shape index (κ2) is 6.70. The van der Waals surface area contributed by atoms with Crippen molar-refractivity contribution in [1.82, 2.24) is 5.32 Å². The van der Waals surface area contributed by atoms with Crippen LogP contribution in [-0.2, 0) is 6.42 Å². The van der Waals surface area contributed by atoms with Gasteiger partial charge in [-0.15, -0.1) is 0 Å². The van der Waals surface area contributed by atoms with Crippen molar-refractivity contribution >= 4 is 0 Å². The summed E-state index contributed by atoms with van der Waals surface area (Å²) in [4.78, 5) is 0. The molecular formula is C14H21F2N. The zero-order chi connectivity index (χ0) is 12.8. The van der Waals surface area contributed by atoms with Crippen LogP contribution in [0.3, 0.4) is 0 Å². The second-order valence-electron chi connectivity index (χ2n) is 4.77. The van der Waals surface area contributed by atoms with Crippen LogP contribution in [0.4, 0.5) is 8.78 Å². The van der Waals surface area contributed by atoms with E-state index in [1.165, 1.54) is 12.1 Å². The summed E-state index contributed by atoms with van der Waals surface area (Å²) in [5, 5.41) is 3.26. The Morgan fingerprint density at radius 3 is 2.47 bits per heavy atom. The fraction of sp³-hybridized carbons (Fsp3) is 0.571. The van der Waals surface area contributed by atoms with E-state index in [1.807, 2.05) is 7.05 Å². The first-order valence-electron chi connectivity index (χ1n) is 6.15. The Morgan fingerprint density at radius 1 is 1.24 bits per heavy atom. The molecule has 0 aliphatic heterocycles. The highest BCUT2D eigenvalue weighted by Crippen LogP contribution is 2.15. The molecule has 1 unspecified atom stereocenters. The van der Waals surface area contributed by atoms with Gasteiger partial charge in [0.25, 0.3) is 0 Å². The van der Waals surface area contributed by atoms with E-state index in [0.717, 1.165) is 18.9 Å². The molecule has 0 spiro atoms. The minimum Gasteiger partial charge on any atom is -0.317 e. The Bertz CT molecular complexity index is 350. The molecule has 0 saturated heterocycles. The SMILES string of the molecule is CNC(CCCc1ccc(F)cc1F)C(C)C. The Labute approximate surface area is 102 Å². The van der Waals surface area contributed by atoms with E-state index >= 15 is 0 Å². The van der Waals surface area contributed by atoms with Crippen molar-refractivity contribution in [2.45, 2.75) is 39.2 Å². The number of halogens is 2. The first-order chi connectivity index (χ1) is 8.04. The molecule has 3 heteroatoms. The van der Waals surface area contributed by atoms with Crippen molar-refractivity contribution in [2.24, 2.45) is 5.92 Å². The van der Waals surface area contributed by atoms with Gasteiger partial charge >= 0.3 is 0 Å². The number of nitrogens with one attached hydrogen (secondary N) is 1. The van der Waals surface area contributed by atoms with Gasteiger partial charge in [0.1, 0.15) is 11.6 Å². The van der Waals surface area contributed by atoms with Gasteiger partial charge in [0.05, 0.1) is 0 Å². The number of rotatable bonds is 6. The van der Waals surface area contributed by atoms with E-state index in [2.05, 4.69) is 19.2 Å². The molecule has 1 atom stereocenters. The van der Waals surface area contributed by atoms with Crippen LogP contribution in [0.25, 0.3) is 0 Å². The average Bonchev–Trinajstić information content (AvgIpc) is 2.26. The molecule has 17 heavy (non-hydrogen) atoms. The van der Waals surface area contributed by atoms with Crippen LogP contribution < -0.4 is 5.32 Å². The lowest BCUT2D eigenvalue weighted by Gasteiger charge is -2.19. The van der Waals surface area contributed by atoms with Gasteiger partial charge in [-0.3, -0.25) is 0 Å². The zero-order valence-electron chi connectivity index (χ0n) is 10.8. The summed E-state index contributed by atoms with van der Waals surface area (Å²) in [6, 6.07) is 4.26. The molecule has 0 aliphatic rings. The third kappa shape index (κ3) is 4.43. The van der Waals surface area contributed by atoms with E-state index in [9.17, 15) is 8.78 Å². The fourth-order valence-electron chi connectivity index (χ4n) is 2.05. The molecule has 1 N–H and O–H groups in total. The van der Waals surface area contributed by atoms with Gasteiger partial charge in [-0.05, 0) is 43.9 Å². The molecular weight excluding hydrogens is 220 g/mol. The standard InChI is InChI=1S/C14H21F2N/c1-10(2)14(17-3)6-4-5-11-7-8-12(15)9-13(11)16/h7-10,14,17H,4-6H2,1-3H3. The van der Waals surface area contributed by atoms with Gasteiger partial charge in [0, 0.05) is 12.1 Å². The summed E-state index contributed by atoms with van der Waals surface area (Å²) in [5.41, 5.74) is 0.602. The Kier molecular flexibility index (Phi) is 5.56. The second-order valence-corrected chi connectivity index (χ2v) is 4.77. The summed E-state index contributed by atoms with van der Waals surface area (Å²) < 4.78 is 26.1. The number of hydrogen-bond donors (Lipinski definition) is 1. The lowest BCUT2D eigenvalue weighted by Crippen LogP contribution is -2.30.